The molecule has 3 heteroatoms. The second kappa shape index (κ2) is 6.50. The van der Waals surface area contributed by atoms with Crippen molar-refractivity contribution in [1.29, 1.82) is 0 Å². The first-order valence-electron chi connectivity index (χ1n) is 6.22. The number of benzene rings is 1. The minimum Gasteiger partial charge on any atom is -0.313 e. The molecule has 1 aromatic heterocycles. The zero-order chi connectivity index (χ0) is 13.0. The summed E-state index contributed by atoms with van der Waals surface area (Å²) in [6, 6.07) is 11.5. The molecule has 1 aromatic carbocycles. The highest BCUT2D eigenvalue weighted by Crippen LogP contribution is 2.25. The van der Waals surface area contributed by atoms with Crippen molar-refractivity contribution in [1.82, 2.24) is 5.32 Å². The highest BCUT2D eigenvalue weighted by Gasteiger charge is 2.11. The van der Waals surface area contributed by atoms with Crippen LogP contribution in [0.5, 0.6) is 0 Å². The summed E-state index contributed by atoms with van der Waals surface area (Å²) in [6.07, 6.45) is 2.14. The van der Waals surface area contributed by atoms with E-state index in [9.17, 15) is 0 Å². The summed E-state index contributed by atoms with van der Waals surface area (Å²) in [4.78, 5) is 1.40. The standard InChI is InChI=1S/C15H18BrNS/c1-3-11-4-6-12(7-5-11)15(17-2)9-14-8-13(16)10-18-14/h4-8,10,15,17H,3,9H2,1-2H3. The van der Waals surface area contributed by atoms with Gasteiger partial charge in [-0.15, -0.1) is 11.3 Å². The Kier molecular flexibility index (Phi) is 4.98. The summed E-state index contributed by atoms with van der Waals surface area (Å²) in [5, 5.41) is 5.55. The van der Waals surface area contributed by atoms with Crippen LogP contribution in [0.2, 0.25) is 0 Å². The number of hydrogen-bond acceptors (Lipinski definition) is 2. The third-order valence-electron chi connectivity index (χ3n) is 3.17. The number of rotatable bonds is 5. The lowest BCUT2D eigenvalue weighted by atomic mass is 10.0. The fraction of sp³-hybridized carbons (Fsp3) is 0.333. The Balaban J connectivity index is 2.12. The van der Waals surface area contributed by atoms with E-state index >= 15 is 0 Å². The van der Waals surface area contributed by atoms with Gasteiger partial charge < -0.3 is 5.32 Å². The number of likely N-dealkylation sites (N-methyl/N-ethyl adjacent to an activating group) is 1. The summed E-state index contributed by atoms with van der Waals surface area (Å²) in [6.45, 7) is 2.19. The smallest absolute Gasteiger partial charge is 0.0366 e. The number of nitrogens with one attached hydrogen (secondary N) is 1. The van der Waals surface area contributed by atoms with Crippen molar-refractivity contribution >= 4 is 27.3 Å². The highest BCUT2D eigenvalue weighted by molar-refractivity contribution is 9.10. The molecule has 96 valence electrons. The largest absolute Gasteiger partial charge is 0.313 e. The van der Waals surface area contributed by atoms with Gasteiger partial charge in [0.2, 0.25) is 0 Å². The lowest BCUT2D eigenvalue weighted by molar-refractivity contribution is 0.596. The maximum Gasteiger partial charge on any atom is 0.0366 e. The van der Waals surface area contributed by atoms with Crippen LogP contribution in [0, 0.1) is 0 Å². The molecule has 0 saturated carbocycles. The first-order chi connectivity index (χ1) is 8.72. The minimum atomic E-state index is 0.390. The van der Waals surface area contributed by atoms with Crippen LogP contribution in [0.15, 0.2) is 40.2 Å². The number of hydrogen-bond donors (Lipinski definition) is 1. The normalized spacial score (nSPS) is 12.6. The molecule has 0 fully saturated rings. The Labute approximate surface area is 121 Å². The van der Waals surface area contributed by atoms with Gasteiger partial charge in [0.05, 0.1) is 0 Å². The second-order valence-corrected chi connectivity index (χ2v) is 6.28. The van der Waals surface area contributed by atoms with Crippen LogP contribution in [0.4, 0.5) is 0 Å². The zero-order valence-corrected chi connectivity index (χ0v) is 13.1. The summed E-state index contributed by atoms with van der Waals surface area (Å²) >= 11 is 5.32. The number of thiophene rings is 1. The Morgan fingerprint density at radius 2 is 2.00 bits per heavy atom. The van der Waals surface area contributed by atoms with E-state index in [4.69, 9.17) is 0 Å². The summed E-state index contributed by atoms with van der Waals surface area (Å²) < 4.78 is 1.18. The van der Waals surface area contributed by atoms with E-state index in [0.717, 1.165) is 12.8 Å². The van der Waals surface area contributed by atoms with Crippen LogP contribution in [-0.4, -0.2) is 7.05 Å². The number of aryl methyl sites for hydroxylation is 1. The van der Waals surface area contributed by atoms with Gasteiger partial charge >= 0.3 is 0 Å². The molecule has 0 bridgehead atoms. The molecule has 2 aromatic rings. The summed E-state index contributed by atoms with van der Waals surface area (Å²) in [5.41, 5.74) is 2.76. The molecule has 0 amide bonds. The first kappa shape index (κ1) is 13.8. The minimum absolute atomic E-state index is 0.390. The van der Waals surface area contributed by atoms with Gasteiger partial charge in [0.25, 0.3) is 0 Å². The van der Waals surface area contributed by atoms with Crippen LogP contribution in [0.1, 0.15) is 29.0 Å². The molecule has 1 atom stereocenters. The van der Waals surface area contributed by atoms with E-state index < -0.39 is 0 Å². The van der Waals surface area contributed by atoms with Gasteiger partial charge in [-0.25, -0.2) is 0 Å². The fourth-order valence-electron chi connectivity index (χ4n) is 2.03. The molecule has 0 radical (unpaired) electrons. The van der Waals surface area contributed by atoms with Gasteiger partial charge in [-0.1, -0.05) is 31.2 Å². The van der Waals surface area contributed by atoms with E-state index in [1.165, 1.54) is 20.5 Å². The topological polar surface area (TPSA) is 12.0 Å². The van der Waals surface area contributed by atoms with Crippen molar-refractivity contribution < 1.29 is 0 Å². The lowest BCUT2D eigenvalue weighted by Crippen LogP contribution is -2.18. The molecule has 1 unspecified atom stereocenters. The van der Waals surface area contributed by atoms with Crippen molar-refractivity contribution in [3.05, 3.63) is 56.2 Å². The quantitative estimate of drug-likeness (QED) is 0.849. The van der Waals surface area contributed by atoms with Crippen LogP contribution < -0.4 is 5.32 Å². The predicted molar refractivity (Wildman–Crippen MR) is 83.3 cm³/mol. The van der Waals surface area contributed by atoms with E-state index in [1.807, 2.05) is 18.4 Å². The Bertz CT molecular complexity index is 489. The summed E-state index contributed by atoms with van der Waals surface area (Å²) in [5.74, 6) is 0. The maximum atomic E-state index is 3.51. The van der Waals surface area contributed by atoms with Gasteiger partial charge in [0, 0.05) is 27.2 Å². The molecule has 1 N–H and O–H groups in total. The molecule has 0 aliphatic heterocycles. The maximum absolute atomic E-state index is 3.51. The predicted octanol–water partition coefficient (Wildman–Crippen LogP) is 4.58. The zero-order valence-electron chi connectivity index (χ0n) is 10.7. The average Bonchev–Trinajstić information content (AvgIpc) is 2.82. The molecular weight excluding hydrogens is 306 g/mol. The molecule has 1 nitrogen and oxygen atoms in total. The van der Waals surface area contributed by atoms with Crippen molar-refractivity contribution in [2.45, 2.75) is 25.8 Å². The van der Waals surface area contributed by atoms with Crippen molar-refractivity contribution in [2.75, 3.05) is 7.05 Å². The molecule has 0 aliphatic carbocycles. The van der Waals surface area contributed by atoms with Crippen LogP contribution >= 0.6 is 27.3 Å². The Morgan fingerprint density at radius 3 is 2.50 bits per heavy atom. The van der Waals surface area contributed by atoms with Gasteiger partial charge in [-0.2, -0.15) is 0 Å². The highest BCUT2D eigenvalue weighted by atomic mass is 79.9. The fourth-order valence-corrected chi connectivity index (χ4v) is 3.53. The van der Waals surface area contributed by atoms with E-state index in [-0.39, 0.29) is 0 Å². The molecule has 0 saturated heterocycles. The average molecular weight is 324 g/mol. The van der Waals surface area contributed by atoms with Crippen molar-refractivity contribution in [3.8, 4) is 0 Å². The van der Waals surface area contributed by atoms with Gasteiger partial charge in [0.15, 0.2) is 0 Å². The van der Waals surface area contributed by atoms with Crippen LogP contribution in [0.25, 0.3) is 0 Å². The Morgan fingerprint density at radius 1 is 1.28 bits per heavy atom. The molecule has 0 spiro atoms. The third kappa shape index (κ3) is 3.44. The number of halogens is 1. The van der Waals surface area contributed by atoms with E-state index in [2.05, 4.69) is 63.9 Å². The van der Waals surface area contributed by atoms with Crippen molar-refractivity contribution in [3.63, 3.8) is 0 Å². The SMILES string of the molecule is CCc1ccc(C(Cc2cc(Br)cs2)NC)cc1. The van der Waals surface area contributed by atoms with Crippen LogP contribution in [0.3, 0.4) is 0 Å². The van der Waals surface area contributed by atoms with Gasteiger partial charge in [0.1, 0.15) is 0 Å². The van der Waals surface area contributed by atoms with E-state index in [1.54, 1.807) is 0 Å². The van der Waals surface area contributed by atoms with Crippen molar-refractivity contribution in [2.24, 2.45) is 0 Å². The van der Waals surface area contributed by atoms with Crippen LogP contribution in [-0.2, 0) is 12.8 Å². The first-order valence-corrected chi connectivity index (χ1v) is 7.89. The second-order valence-electron chi connectivity index (χ2n) is 4.37. The molecule has 18 heavy (non-hydrogen) atoms. The van der Waals surface area contributed by atoms with E-state index in [0.29, 0.717) is 6.04 Å². The molecule has 0 aliphatic rings. The molecular formula is C15H18BrNS. The lowest BCUT2D eigenvalue weighted by Gasteiger charge is -2.16. The van der Waals surface area contributed by atoms with Gasteiger partial charge in [-0.05, 0) is 46.6 Å². The Hall–Kier alpha value is -0.640. The van der Waals surface area contributed by atoms with Gasteiger partial charge in [-0.3, -0.25) is 0 Å². The molecule has 1 heterocycles. The summed E-state index contributed by atoms with van der Waals surface area (Å²) in [7, 11) is 2.03. The monoisotopic (exact) mass is 323 g/mol. The molecule has 2 rings (SSSR count). The third-order valence-corrected chi connectivity index (χ3v) is 4.89.